The van der Waals surface area contributed by atoms with Gasteiger partial charge < -0.3 is 30.0 Å². The van der Waals surface area contributed by atoms with Gasteiger partial charge in [0, 0.05) is 25.1 Å². The molecule has 56 heavy (non-hydrogen) atoms. The van der Waals surface area contributed by atoms with Gasteiger partial charge in [0.2, 0.25) is 11.8 Å². The number of hydrogen-bond acceptors (Lipinski definition) is 10. The normalized spacial score (nSPS) is 15.9. The van der Waals surface area contributed by atoms with E-state index in [4.69, 9.17) is 27.9 Å². The monoisotopic (exact) mass is 848 g/mol. The zero-order chi connectivity index (χ0) is 41.6. The number of carbonyl (C=O) groups excluding carboxylic acids is 4. The van der Waals surface area contributed by atoms with Gasteiger partial charge in [0.1, 0.15) is 23.6 Å². The molecule has 1 unspecified atom stereocenters. The zero-order valence-electron chi connectivity index (χ0n) is 30.1. The Hall–Kier alpha value is -4.49. The van der Waals surface area contributed by atoms with E-state index < -0.39 is 74.0 Å². The SMILES string of the molecule is CC(C)(C)OC(=O)NCC[C@H](NC(=O)[C@@H]1Cc2ccc(OS(=O)(=O)C(F)(F)F)cc2CN1C(O)CCC(=O)c1ccccc1)C(=O)Nc1ccc(Cl)c(Cl)c1F. The first-order valence-electron chi connectivity index (χ1n) is 16.9. The predicted octanol–water partition coefficient (Wildman–Crippen LogP) is 6.11. The van der Waals surface area contributed by atoms with Crippen molar-refractivity contribution in [2.75, 3.05) is 11.9 Å². The highest BCUT2D eigenvalue weighted by Crippen LogP contribution is 2.33. The molecule has 3 aromatic carbocycles. The lowest BCUT2D eigenvalue weighted by molar-refractivity contribution is -0.136. The molecule has 0 spiro atoms. The summed E-state index contributed by atoms with van der Waals surface area (Å²) < 4.78 is 86.9. The van der Waals surface area contributed by atoms with E-state index in [0.717, 1.165) is 18.2 Å². The molecule has 3 atom stereocenters. The Bertz CT molecular complexity index is 2050. The number of aliphatic hydroxyl groups excluding tert-OH is 1. The van der Waals surface area contributed by atoms with Gasteiger partial charge in [0.05, 0.1) is 21.8 Å². The van der Waals surface area contributed by atoms with E-state index in [1.807, 2.05) is 0 Å². The van der Waals surface area contributed by atoms with Gasteiger partial charge in [0.25, 0.3) is 0 Å². The first kappa shape index (κ1) is 44.2. The van der Waals surface area contributed by atoms with Crippen molar-refractivity contribution in [3.8, 4) is 5.75 Å². The number of nitrogens with zero attached hydrogens (tertiary/aromatic N) is 1. The van der Waals surface area contributed by atoms with E-state index in [1.165, 1.54) is 17.0 Å². The van der Waals surface area contributed by atoms with E-state index >= 15 is 0 Å². The van der Waals surface area contributed by atoms with Crippen LogP contribution >= 0.6 is 23.2 Å². The number of ether oxygens (including phenoxy) is 1. The van der Waals surface area contributed by atoms with E-state index in [-0.39, 0.29) is 60.8 Å². The van der Waals surface area contributed by atoms with Crippen LogP contribution in [0.3, 0.4) is 0 Å². The first-order chi connectivity index (χ1) is 26.1. The lowest BCUT2D eigenvalue weighted by atomic mass is 9.92. The van der Waals surface area contributed by atoms with Crippen molar-refractivity contribution in [2.24, 2.45) is 0 Å². The highest BCUT2D eigenvalue weighted by molar-refractivity contribution is 7.88. The molecule has 1 aliphatic heterocycles. The van der Waals surface area contributed by atoms with Crippen LogP contribution in [-0.2, 0) is 37.4 Å². The topological polar surface area (TPSA) is 180 Å². The Morgan fingerprint density at radius 2 is 1.66 bits per heavy atom. The molecule has 1 heterocycles. The summed E-state index contributed by atoms with van der Waals surface area (Å²) in [6.45, 7) is 4.33. The molecule has 3 amide bonds. The lowest BCUT2D eigenvalue weighted by Crippen LogP contribution is -2.57. The summed E-state index contributed by atoms with van der Waals surface area (Å²) in [5, 5.41) is 18.2. The summed E-state index contributed by atoms with van der Waals surface area (Å²) in [5.74, 6) is -3.86. The Balaban J connectivity index is 1.62. The fourth-order valence-corrected chi connectivity index (χ4v) is 6.33. The third-order valence-corrected chi connectivity index (χ3v) is 10.0. The summed E-state index contributed by atoms with van der Waals surface area (Å²) in [7, 11) is -6.02. The molecule has 0 fully saturated rings. The maximum Gasteiger partial charge on any atom is 0.534 e. The smallest absolute Gasteiger partial charge is 0.444 e. The molecule has 1 aliphatic rings. The quantitative estimate of drug-likeness (QED) is 0.0487. The maximum atomic E-state index is 14.9. The number of fused-ring (bicyclic) bond motifs is 1. The molecule has 0 aromatic heterocycles. The van der Waals surface area contributed by atoms with Crippen LogP contribution in [0.15, 0.2) is 60.7 Å². The van der Waals surface area contributed by atoms with Crippen molar-refractivity contribution in [3.05, 3.63) is 93.2 Å². The summed E-state index contributed by atoms with van der Waals surface area (Å²) >= 11 is 11.8. The maximum absolute atomic E-state index is 14.9. The van der Waals surface area contributed by atoms with Crippen LogP contribution in [0.1, 0.15) is 61.5 Å². The number of nitrogens with one attached hydrogen (secondary N) is 3. The van der Waals surface area contributed by atoms with Crippen LogP contribution in [0, 0.1) is 5.82 Å². The minimum Gasteiger partial charge on any atom is -0.444 e. The predicted molar refractivity (Wildman–Crippen MR) is 197 cm³/mol. The zero-order valence-corrected chi connectivity index (χ0v) is 32.4. The van der Waals surface area contributed by atoms with Gasteiger partial charge in [-0.2, -0.15) is 21.6 Å². The number of rotatable bonds is 14. The molecule has 3 aromatic rings. The molecule has 0 aliphatic carbocycles. The molecule has 0 radical (unpaired) electrons. The molecular formula is C36H38Cl2F4N4O9S. The van der Waals surface area contributed by atoms with Gasteiger partial charge in [-0.3, -0.25) is 19.3 Å². The summed E-state index contributed by atoms with van der Waals surface area (Å²) in [5.41, 5.74) is -6.03. The van der Waals surface area contributed by atoms with E-state index in [1.54, 1.807) is 51.1 Å². The van der Waals surface area contributed by atoms with Gasteiger partial charge in [-0.1, -0.05) is 59.6 Å². The summed E-state index contributed by atoms with van der Waals surface area (Å²) in [6, 6.07) is 11.0. The molecule has 13 nitrogen and oxygen atoms in total. The average molecular weight is 850 g/mol. The van der Waals surface area contributed by atoms with Crippen molar-refractivity contribution < 1.29 is 59.2 Å². The Kier molecular flexibility index (Phi) is 14.4. The van der Waals surface area contributed by atoms with Crippen LogP contribution in [-0.4, -0.2) is 78.1 Å². The molecule has 0 bridgehead atoms. The molecular weight excluding hydrogens is 811 g/mol. The Morgan fingerprint density at radius 1 is 0.982 bits per heavy atom. The average Bonchev–Trinajstić information content (AvgIpc) is 3.11. The van der Waals surface area contributed by atoms with Crippen LogP contribution in [0.2, 0.25) is 10.0 Å². The second kappa shape index (κ2) is 18.2. The van der Waals surface area contributed by atoms with Crippen LogP contribution in [0.5, 0.6) is 5.75 Å². The first-order valence-corrected chi connectivity index (χ1v) is 19.1. The van der Waals surface area contributed by atoms with Gasteiger partial charge in [-0.15, -0.1) is 0 Å². The number of halogens is 6. The van der Waals surface area contributed by atoms with E-state index in [0.29, 0.717) is 11.1 Å². The molecule has 0 saturated heterocycles. The van der Waals surface area contributed by atoms with Gasteiger partial charge in [0.15, 0.2) is 11.6 Å². The fraction of sp³-hybridized carbons (Fsp3) is 0.389. The number of alkyl halides is 3. The lowest BCUT2D eigenvalue weighted by Gasteiger charge is -2.39. The number of benzene rings is 3. The number of alkyl carbamates (subject to hydrolysis) is 1. The second-order valence-electron chi connectivity index (χ2n) is 13.6. The number of anilines is 1. The number of ketones is 1. The highest BCUT2D eigenvalue weighted by atomic mass is 35.5. The van der Waals surface area contributed by atoms with E-state index in [2.05, 4.69) is 20.1 Å². The minimum atomic E-state index is -6.02. The van der Waals surface area contributed by atoms with Crippen LogP contribution in [0.25, 0.3) is 0 Å². The third kappa shape index (κ3) is 11.8. The molecule has 304 valence electrons. The molecule has 4 rings (SSSR count). The molecule has 20 heteroatoms. The van der Waals surface area contributed by atoms with Crippen LogP contribution < -0.4 is 20.1 Å². The molecule has 4 N–H and O–H groups in total. The highest BCUT2D eigenvalue weighted by Gasteiger charge is 2.48. The van der Waals surface area contributed by atoms with Crippen molar-refractivity contribution in [3.63, 3.8) is 0 Å². The number of aliphatic hydroxyl groups is 1. The number of Topliss-reactive ketones (excluding diaryl/α,β-unsaturated/α-hetero) is 1. The number of hydrogen-bond donors (Lipinski definition) is 4. The van der Waals surface area contributed by atoms with Gasteiger partial charge in [-0.25, -0.2) is 9.18 Å². The Labute approximate surface area is 329 Å². The second-order valence-corrected chi connectivity index (χ2v) is 15.9. The van der Waals surface area contributed by atoms with Crippen molar-refractivity contribution in [2.45, 2.75) is 82.4 Å². The largest absolute Gasteiger partial charge is 0.534 e. The standard InChI is InChI=1S/C36H38Cl2F4N4O9S/c1-35(2,3)54-34(51)43-16-15-26(32(49)44-25-12-11-24(37)30(38)31(25)39)45-33(50)27-18-21-9-10-23(55-56(52,53)36(40,41)42)17-22(21)19-46(27)29(48)14-13-28(47)20-7-5-4-6-8-20/h4-12,17,26-27,29,48H,13-16,18-19H2,1-3H3,(H,43,51)(H,44,49)(H,45,50)/t26-,27-,29?/m0/s1. The molecule has 0 saturated carbocycles. The van der Waals surface area contributed by atoms with Gasteiger partial charge in [-0.05, 0) is 75.4 Å². The third-order valence-electron chi connectivity index (χ3n) is 8.27. The Morgan fingerprint density at radius 3 is 2.30 bits per heavy atom. The van der Waals surface area contributed by atoms with Crippen molar-refractivity contribution in [1.82, 2.24) is 15.5 Å². The summed E-state index contributed by atoms with van der Waals surface area (Å²) in [6.07, 6.45) is -3.23. The number of carbonyl (C=O) groups is 4. The van der Waals surface area contributed by atoms with Gasteiger partial charge >= 0.3 is 21.7 Å². The van der Waals surface area contributed by atoms with Crippen LogP contribution in [0.4, 0.5) is 28.0 Å². The minimum absolute atomic E-state index is 0.129. The van der Waals surface area contributed by atoms with Crippen molar-refractivity contribution in [1.29, 1.82) is 0 Å². The van der Waals surface area contributed by atoms with E-state index in [9.17, 15) is 50.3 Å². The fourth-order valence-electron chi connectivity index (χ4n) is 5.57. The number of amides is 3. The van der Waals surface area contributed by atoms with Crippen molar-refractivity contribution >= 4 is 62.7 Å². The summed E-state index contributed by atoms with van der Waals surface area (Å²) in [4.78, 5) is 54.1.